The molecule has 1 aromatic heterocycles. The van der Waals surface area contributed by atoms with Crippen molar-refractivity contribution in [2.45, 2.75) is 56.8 Å². The molecular weight excluding hydrogens is 444 g/mol. The third kappa shape index (κ3) is 5.27. The molecule has 1 aliphatic carbocycles. The lowest BCUT2D eigenvalue weighted by Crippen LogP contribution is -2.36. The third-order valence-corrected chi connectivity index (χ3v) is 7.01. The van der Waals surface area contributed by atoms with Crippen LogP contribution in [0.15, 0.2) is 47.6 Å². The van der Waals surface area contributed by atoms with Crippen molar-refractivity contribution in [3.63, 3.8) is 0 Å². The number of halogens is 1. The van der Waals surface area contributed by atoms with Crippen LogP contribution in [0.1, 0.15) is 49.4 Å². The van der Waals surface area contributed by atoms with E-state index in [9.17, 15) is 9.59 Å². The van der Waals surface area contributed by atoms with Gasteiger partial charge in [-0.15, -0.1) is 0 Å². The van der Waals surface area contributed by atoms with Gasteiger partial charge in [-0.2, -0.15) is 0 Å². The Morgan fingerprint density at radius 3 is 2.72 bits per heavy atom. The molecule has 32 heavy (non-hydrogen) atoms. The number of imidazole rings is 1. The zero-order valence-electron chi connectivity index (χ0n) is 18.1. The van der Waals surface area contributed by atoms with Crippen LogP contribution in [0.2, 0.25) is 5.02 Å². The Bertz CT molecular complexity index is 1120. The maximum absolute atomic E-state index is 12.7. The quantitative estimate of drug-likeness (QED) is 0.447. The number of benzene rings is 2. The highest BCUT2D eigenvalue weighted by Gasteiger charge is 2.19. The Labute approximate surface area is 197 Å². The summed E-state index contributed by atoms with van der Waals surface area (Å²) in [7, 11) is 0. The predicted molar refractivity (Wildman–Crippen MR) is 131 cm³/mol. The summed E-state index contributed by atoms with van der Waals surface area (Å²) in [5.74, 6) is -0.134. The molecule has 3 aromatic rings. The minimum absolute atomic E-state index is 0.161. The molecule has 168 valence electrons. The van der Waals surface area contributed by atoms with Crippen molar-refractivity contribution >= 4 is 51.9 Å². The SMILES string of the molecule is CCn1c(SCC(=O)Nc2ccc(Cl)c(C(=O)NC3CCCCC3)c2)nc2ccccc21. The lowest BCUT2D eigenvalue weighted by Gasteiger charge is -2.23. The number of aromatic nitrogens is 2. The van der Waals surface area contributed by atoms with Gasteiger partial charge in [0.05, 0.1) is 27.4 Å². The lowest BCUT2D eigenvalue weighted by atomic mass is 9.95. The van der Waals surface area contributed by atoms with E-state index in [1.807, 2.05) is 24.3 Å². The second kappa shape index (κ2) is 10.4. The van der Waals surface area contributed by atoms with Gasteiger partial charge >= 0.3 is 0 Å². The highest BCUT2D eigenvalue weighted by molar-refractivity contribution is 7.99. The van der Waals surface area contributed by atoms with Crippen LogP contribution in [-0.4, -0.2) is 33.2 Å². The van der Waals surface area contributed by atoms with E-state index in [0.29, 0.717) is 16.3 Å². The first-order chi connectivity index (χ1) is 15.5. The molecule has 1 saturated carbocycles. The molecule has 6 nitrogen and oxygen atoms in total. The molecule has 2 amide bonds. The first-order valence-electron chi connectivity index (χ1n) is 11.0. The molecule has 2 N–H and O–H groups in total. The van der Waals surface area contributed by atoms with Crippen molar-refractivity contribution in [1.82, 2.24) is 14.9 Å². The van der Waals surface area contributed by atoms with E-state index in [1.54, 1.807) is 18.2 Å². The lowest BCUT2D eigenvalue weighted by molar-refractivity contribution is -0.113. The maximum atomic E-state index is 12.7. The molecule has 4 rings (SSSR count). The van der Waals surface area contributed by atoms with Crippen molar-refractivity contribution in [2.24, 2.45) is 0 Å². The second-order valence-electron chi connectivity index (χ2n) is 7.97. The van der Waals surface area contributed by atoms with Gasteiger partial charge in [0.2, 0.25) is 5.91 Å². The number of aryl methyl sites for hydroxylation is 1. The molecule has 0 aliphatic heterocycles. The van der Waals surface area contributed by atoms with Crippen molar-refractivity contribution in [3.8, 4) is 0 Å². The zero-order chi connectivity index (χ0) is 22.5. The molecule has 0 atom stereocenters. The number of thioether (sulfide) groups is 1. The minimum atomic E-state index is -0.191. The van der Waals surface area contributed by atoms with Gasteiger partial charge in [0.1, 0.15) is 0 Å². The number of fused-ring (bicyclic) bond motifs is 1. The zero-order valence-corrected chi connectivity index (χ0v) is 19.6. The fourth-order valence-electron chi connectivity index (χ4n) is 4.08. The van der Waals surface area contributed by atoms with Crippen LogP contribution in [0, 0.1) is 0 Å². The summed E-state index contributed by atoms with van der Waals surface area (Å²) in [6, 6.07) is 13.1. The van der Waals surface area contributed by atoms with E-state index in [0.717, 1.165) is 48.4 Å². The van der Waals surface area contributed by atoms with Crippen molar-refractivity contribution in [3.05, 3.63) is 53.1 Å². The molecule has 2 aromatic carbocycles. The summed E-state index contributed by atoms with van der Waals surface area (Å²) in [5, 5.41) is 7.14. The molecule has 0 radical (unpaired) electrons. The summed E-state index contributed by atoms with van der Waals surface area (Å²) in [4.78, 5) is 29.9. The van der Waals surface area contributed by atoms with Crippen molar-refractivity contribution in [2.75, 3.05) is 11.1 Å². The number of carbonyl (C=O) groups is 2. The van der Waals surface area contributed by atoms with Crippen LogP contribution in [0.3, 0.4) is 0 Å². The average Bonchev–Trinajstić information content (AvgIpc) is 3.17. The van der Waals surface area contributed by atoms with Gasteiger partial charge in [0, 0.05) is 18.3 Å². The van der Waals surface area contributed by atoms with Gasteiger partial charge in [-0.05, 0) is 50.1 Å². The minimum Gasteiger partial charge on any atom is -0.349 e. The normalized spacial score (nSPS) is 14.4. The summed E-state index contributed by atoms with van der Waals surface area (Å²) in [5.41, 5.74) is 2.92. The van der Waals surface area contributed by atoms with Crippen LogP contribution in [0.25, 0.3) is 11.0 Å². The number of nitrogens with one attached hydrogen (secondary N) is 2. The summed E-state index contributed by atoms with van der Waals surface area (Å²) in [6.07, 6.45) is 5.50. The number of para-hydroxylation sites is 2. The standard InChI is InChI=1S/C24H27ClN4O2S/c1-2-29-21-11-7-6-10-20(21)28-24(29)32-15-22(30)26-17-12-13-19(25)18(14-17)23(31)27-16-8-4-3-5-9-16/h6-7,10-14,16H,2-5,8-9,15H2,1H3,(H,26,30)(H,27,31). The van der Waals surface area contributed by atoms with Gasteiger partial charge in [-0.3, -0.25) is 9.59 Å². The molecule has 1 aliphatic rings. The molecule has 0 unspecified atom stereocenters. The number of rotatable bonds is 7. The number of carbonyl (C=O) groups excluding carboxylic acids is 2. The van der Waals surface area contributed by atoms with Gasteiger partial charge in [0.15, 0.2) is 5.16 Å². The Morgan fingerprint density at radius 2 is 1.94 bits per heavy atom. The van der Waals surface area contributed by atoms with Crippen LogP contribution < -0.4 is 10.6 Å². The first-order valence-corrected chi connectivity index (χ1v) is 12.4. The van der Waals surface area contributed by atoms with E-state index in [2.05, 4.69) is 27.1 Å². The molecule has 1 fully saturated rings. The van der Waals surface area contributed by atoms with Gasteiger partial charge in [-0.1, -0.05) is 54.8 Å². The Morgan fingerprint density at radius 1 is 1.16 bits per heavy atom. The highest BCUT2D eigenvalue weighted by Crippen LogP contribution is 2.25. The number of hydrogen-bond donors (Lipinski definition) is 2. The fourth-order valence-corrected chi connectivity index (χ4v) is 5.17. The number of amides is 2. The van der Waals surface area contributed by atoms with Crippen LogP contribution in [0.4, 0.5) is 5.69 Å². The molecular formula is C24H27ClN4O2S. The predicted octanol–water partition coefficient (Wildman–Crippen LogP) is 5.50. The molecule has 0 saturated heterocycles. The van der Waals surface area contributed by atoms with E-state index < -0.39 is 0 Å². The van der Waals surface area contributed by atoms with Crippen LogP contribution in [-0.2, 0) is 11.3 Å². The molecule has 8 heteroatoms. The smallest absolute Gasteiger partial charge is 0.253 e. The Balaban J connectivity index is 1.39. The topological polar surface area (TPSA) is 76.0 Å². The summed E-state index contributed by atoms with van der Waals surface area (Å²) in [6.45, 7) is 2.84. The van der Waals surface area contributed by atoms with E-state index in [-0.39, 0.29) is 23.6 Å². The number of hydrogen-bond acceptors (Lipinski definition) is 4. The average molecular weight is 471 g/mol. The van der Waals surface area contributed by atoms with E-state index in [1.165, 1.54) is 18.2 Å². The second-order valence-corrected chi connectivity index (χ2v) is 9.32. The van der Waals surface area contributed by atoms with Gasteiger partial charge in [-0.25, -0.2) is 4.98 Å². The molecule has 0 bridgehead atoms. The molecule has 1 heterocycles. The first kappa shape index (κ1) is 22.7. The van der Waals surface area contributed by atoms with E-state index in [4.69, 9.17) is 11.6 Å². The Hall–Kier alpha value is -2.51. The Kier molecular flexibility index (Phi) is 7.37. The van der Waals surface area contributed by atoms with E-state index >= 15 is 0 Å². The van der Waals surface area contributed by atoms with Crippen molar-refractivity contribution in [1.29, 1.82) is 0 Å². The largest absolute Gasteiger partial charge is 0.349 e. The van der Waals surface area contributed by atoms with Crippen LogP contribution >= 0.6 is 23.4 Å². The monoisotopic (exact) mass is 470 g/mol. The molecule has 0 spiro atoms. The summed E-state index contributed by atoms with van der Waals surface area (Å²) >= 11 is 7.67. The maximum Gasteiger partial charge on any atom is 0.253 e. The fraction of sp³-hybridized carbons (Fsp3) is 0.375. The van der Waals surface area contributed by atoms with Gasteiger partial charge in [0.25, 0.3) is 5.91 Å². The summed E-state index contributed by atoms with van der Waals surface area (Å²) < 4.78 is 2.10. The van der Waals surface area contributed by atoms with Crippen LogP contribution in [0.5, 0.6) is 0 Å². The number of nitrogens with zero attached hydrogens (tertiary/aromatic N) is 2. The number of anilines is 1. The van der Waals surface area contributed by atoms with Gasteiger partial charge < -0.3 is 15.2 Å². The highest BCUT2D eigenvalue weighted by atomic mass is 35.5. The van der Waals surface area contributed by atoms with Crippen molar-refractivity contribution < 1.29 is 9.59 Å². The third-order valence-electron chi connectivity index (χ3n) is 5.70.